The third-order valence-corrected chi connectivity index (χ3v) is 9.28. The van der Waals surface area contributed by atoms with Gasteiger partial charge in [0.05, 0.1) is 11.4 Å². The number of furan rings is 1. The lowest BCUT2D eigenvalue weighted by Crippen LogP contribution is -2.12. The first-order valence-corrected chi connectivity index (χ1v) is 16.4. The fourth-order valence-electron chi connectivity index (χ4n) is 7.18. The summed E-state index contributed by atoms with van der Waals surface area (Å²) < 4.78 is 6.48. The van der Waals surface area contributed by atoms with Crippen LogP contribution in [0.2, 0.25) is 0 Å². The van der Waals surface area contributed by atoms with Crippen molar-refractivity contribution < 1.29 is 4.42 Å². The van der Waals surface area contributed by atoms with Crippen LogP contribution in [0, 0.1) is 0 Å². The van der Waals surface area contributed by atoms with Gasteiger partial charge in [0.15, 0.2) is 0 Å². The zero-order valence-corrected chi connectivity index (χ0v) is 26.3. The Labute approximate surface area is 279 Å². The second-order valence-corrected chi connectivity index (χ2v) is 12.1. The minimum absolute atomic E-state index is 0.878. The van der Waals surface area contributed by atoms with Gasteiger partial charge in [-0.2, -0.15) is 0 Å². The van der Waals surface area contributed by atoms with Gasteiger partial charge in [0.1, 0.15) is 11.2 Å². The highest BCUT2D eigenvalue weighted by atomic mass is 16.3. The van der Waals surface area contributed by atoms with Gasteiger partial charge < -0.3 is 9.32 Å². The van der Waals surface area contributed by atoms with Crippen LogP contribution in [0.25, 0.3) is 66.1 Å². The molecule has 0 radical (unpaired) electrons. The quantitative estimate of drug-likeness (QED) is 0.185. The summed E-state index contributed by atoms with van der Waals surface area (Å²) in [7, 11) is 0. The maximum atomic E-state index is 6.48. The van der Waals surface area contributed by atoms with E-state index in [0.29, 0.717) is 0 Å². The van der Waals surface area contributed by atoms with Gasteiger partial charge in [-0.15, -0.1) is 0 Å². The number of hydrogen-bond donors (Lipinski definition) is 0. The number of anilines is 3. The highest BCUT2D eigenvalue weighted by molar-refractivity contribution is 6.17. The third kappa shape index (κ3) is 4.66. The molecule has 0 spiro atoms. The van der Waals surface area contributed by atoms with E-state index < -0.39 is 0 Å². The first kappa shape index (κ1) is 27.9. The molecule has 2 nitrogen and oxygen atoms in total. The molecule has 48 heavy (non-hydrogen) atoms. The Balaban J connectivity index is 1.37. The Morgan fingerprint density at radius 1 is 0.354 bits per heavy atom. The molecule has 9 rings (SSSR count). The first-order chi connectivity index (χ1) is 23.8. The summed E-state index contributed by atoms with van der Waals surface area (Å²) in [6.07, 6.45) is 0. The zero-order chi connectivity index (χ0) is 31.9. The third-order valence-electron chi connectivity index (χ3n) is 9.28. The molecular weight excluding hydrogens is 583 g/mol. The number of fused-ring (bicyclic) bond motifs is 4. The molecule has 1 heterocycles. The van der Waals surface area contributed by atoms with Gasteiger partial charge >= 0.3 is 0 Å². The Hall–Kier alpha value is -6.38. The van der Waals surface area contributed by atoms with Crippen LogP contribution in [0.5, 0.6) is 0 Å². The number of para-hydroxylation sites is 4. The maximum Gasteiger partial charge on any atom is 0.136 e. The summed E-state index contributed by atoms with van der Waals surface area (Å²) in [6.45, 7) is 0. The summed E-state index contributed by atoms with van der Waals surface area (Å²) in [6, 6.07) is 66.9. The molecule has 0 fully saturated rings. The molecule has 226 valence electrons. The van der Waals surface area contributed by atoms with Crippen molar-refractivity contribution in [2.45, 2.75) is 0 Å². The molecule has 0 saturated carbocycles. The van der Waals surface area contributed by atoms with Crippen LogP contribution in [-0.4, -0.2) is 0 Å². The summed E-state index contributed by atoms with van der Waals surface area (Å²) >= 11 is 0. The average molecular weight is 614 g/mol. The van der Waals surface area contributed by atoms with E-state index in [1.807, 2.05) is 6.07 Å². The molecule has 0 amide bonds. The van der Waals surface area contributed by atoms with Crippen LogP contribution in [0.3, 0.4) is 0 Å². The minimum atomic E-state index is 0.878. The van der Waals surface area contributed by atoms with Crippen molar-refractivity contribution in [1.82, 2.24) is 0 Å². The Bertz CT molecular complexity index is 2560. The van der Waals surface area contributed by atoms with E-state index in [0.717, 1.165) is 61.3 Å². The summed E-state index contributed by atoms with van der Waals surface area (Å²) in [5.41, 5.74) is 12.0. The van der Waals surface area contributed by atoms with Crippen molar-refractivity contribution in [1.29, 1.82) is 0 Å². The summed E-state index contributed by atoms with van der Waals surface area (Å²) in [4.78, 5) is 2.42. The number of rotatable bonds is 6. The number of benzene rings is 8. The molecule has 1 aromatic heterocycles. The predicted molar refractivity (Wildman–Crippen MR) is 202 cm³/mol. The van der Waals surface area contributed by atoms with Gasteiger partial charge in [0.25, 0.3) is 0 Å². The van der Waals surface area contributed by atoms with E-state index in [1.165, 1.54) is 21.9 Å². The van der Waals surface area contributed by atoms with Crippen LogP contribution in [-0.2, 0) is 0 Å². The standard InChI is InChI=1S/C46H31NO/c1-3-16-33(17-4-1)36-30-31-44-46(40-25-11-14-29-43(40)48-44)45(36)39-24-10-13-28-42(39)47(34-20-5-2-6-21-34)41-27-12-9-23-38(41)37-26-15-19-32-18-7-8-22-35(32)37/h1-31H. The van der Waals surface area contributed by atoms with Crippen LogP contribution in [0.4, 0.5) is 17.1 Å². The molecule has 0 atom stereocenters. The highest BCUT2D eigenvalue weighted by Crippen LogP contribution is 2.50. The van der Waals surface area contributed by atoms with Crippen molar-refractivity contribution in [3.05, 3.63) is 188 Å². The van der Waals surface area contributed by atoms with E-state index in [1.54, 1.807) is 0 Å². The second-order valence-electron chi connectivity index (χ2n) is 12.1. The Morgan fingerprint density at radius 3 is 1.75 bits per heavy atom. The van der Waals surface area contributed by atoms with E-state index >= 15 is 0 Å². The fourth-order valence-corrected chi connectivity index (χ4v) is 7.18. The van der Waals surface area contributed by atoms with E-state index in [4.69, 9.17) is 4.42 Å². The average Bonchev–Trinajstić information content (AvgIpc) is 3.55. The lowest BCUT2D eigenvalue weighted by Gasteiger charge is -2.30. The molecule has 0 aliphatic rings. The van der Waals surface area contributed by atoms with Crippen LogP contribution < -0.4 is 4.90 Å². The predicted octanol–water partition coefficient (Wildman–Crippen LogP) is 13.2. The van der Waals surface area contributed by atoms with Gasteiger partial charge in [-0.3, -0.25) is 0 Å². The zero-order valence-electron chi connectivity index (χ0n) is 26.3. The Kier molecular flexibility index (Phi) is 6.84. The molecule has 2 heteroatoms. The van der Waals surface area contributed by atoms with Crippen LogP contribution >= 0.6 is 0 Å². The summed E-state index contributed by atoms with van der Waals surface area (Å²) in [5, 5.41) is 4.68. The molecule has 0 aliphatic carbocycles. The van der Waals surface area contributed by atoms with Crippen molar-refractivity contribution in [2.75, 3.05) is 4.90 Å². The van der Waals surface area contributed by atoms with Gasteiger partial charge in [-0.05, 0) is 63.9 Å². The Morgan fingerprint density at radius 2 is 0.938 bits per heavy atom. The molecule has 0 saturated heterocycles. The SMILES string of the molecule is c1ccc(-c2ccc3oc4ccccc4c3c2-c2ccccc2N(c2ccccc2)c2ccccc2-c2cccc3ccccc23)cc1. The van der Waals surface area contributed by atoms with Gasteiger partial charge in [-0.25, -0.2) is 0 Å². The molecule has 0 aliphatic heterocycles. The minimum Gasteiger partial charge on any atom is -0.456 e. The molecule has 9 aromatic rings. The summed E-state index contributed by atoms with van der Waals surface area (Å²) in [5.74, 6) is 0. The van der Waals surface area contributed by atoms with Crippen LogP contribution in [0.15, 0.2) is 192 Å². The van der Waals surface area contributed by atoms with E-state index in [2.05, 4.69) is 187 Å². The fraction of sp³-hybridized carbons (Fsp3) is 0. The van der Waals surface area contributed by atoms with E-state index in [9.17, 15) is 0 Å². The molecule has 0 unspecified atom stereocenters. The lowest BCUT2D eigenvalue weighted by atomic mass is 9.89. The maximum absolute atomic E-state index is 6.48. The number of hydrogen-bond acceptors (Lipinski definition) is 2. The monoisotopic (exact) mass is 613 g/mol. The van der Waals surface area contributed by atoms with Crippen LogP contribution in [0.1, 0.15) is 0 Å². The molecule has 0 N–H and O–H groups in total. The second kappa shape index (κ2) is 11.8. The van der Waals surface area contributed by atoms with Crippen molar-refractivity contribution >= 4 is 49.8 Å². The van der Waals surface area contributed by atoms with Crippen molar-refractivity contribution in [3.8, 4) is 33.4 Å². The topological polar surface area (TPSA) is 16.4 Å². The van der Waals surface area contributed by atoms with Crippen molar-refractivity contribution in [2.24, 2.45) is 0 Å². The molecular formula is C46H31NO. The van der Waals surface area contributed by atoms with Gasteiger partial charge in [0, 0.05) is 33.2 Å². The first-order valence-electron chi connectivity index (χ1n) is 16.4. The lowest BCUT2D eigenvalue weighted by molar-refractivity contribution is 0.669. The van der Waals surface area contributed by atoms with E-state index in [-0.39, 0.29) is 0 Å². The molecule has 0 bridgehead atoms. The van der Waals surface area contributed by atoms with Crippen molar-refractivity contribution in [3.63, 3.8) is 0 Å². The number of nitrogens with zero attached hydrogens (tertiary/aromatic N) is 1. The van der Waals surface area contributed by atoms with Gasteiger partial charge in [0.2, 0.25) is 0 Å². The van der Waals surface area contributed by atoms with Gasteiger partial charge in [-0.1, -0.05) is 152 Å². The smallest absolute Gasteiger partial charge is 0.136 e. The largest absolute Gasteiger partial charge is 0.456 e. The highest BCUT2D eigenvalue weighted by Gasteiger charge is 2.24. The normalized spacial score (nSPS) is 11.3. The molecule has 8 aromatic carbocycles.